The van der Waals surface area contributed by atoms with Gasteiger partial charge in [0.25, 0.3) is 0 Å². The van der Waals surface area contributed by atoms with Crippen molar-refractivity contribution in [2.75, 3.05) is 0 Å². The van der Waals surface area contributed by atoms with E-state index < -0.39 is 11.4 Å². The van der Waals surface area contributed by atoms with Crippen molar-refractivity contribution in [3.8, 4) is 22.8 Å². The number of benzene rings is 1. The highest BCUT2D eigenvalue weighted by Crippen LogP contribution is 2.47. The number of fused-ring (bicyclic) bond motifs is 5. The summed E-state index contributed by atoms with van der Waals surface area (Å²) in [7, 11) is 0. The Kier molecular flexibility index (Phi) is 3.80. The second-order valence-corrected chi connectivity index (χ2v) is 8.69. The van der Waals surface area contributed by atoms with Gasteiger partial charge in [0.1, 0.15) is 11.1 Å². The van der Waals surface area contributed by atoms with E-state index >= 15 is 0 Å². The van der Waals surface area contributed by atoms with E-state index in [1.165, 1.54) is 18.7 Å². The average Bonchev–Trinajstić information content (AvgIpc) is 3.33. The van der Waals surface area contributed by atoms with Crippen molar-refractivity contribution in [1.82, 2.24) is 9.55 Å². The molecule has 3 aromatic heterocycles. The minimum absolute atomic E-state index is 0.0477. The van der Waals surface area contributed by atoms with Gasteiger partial charge in [-0.3, -0.25) is 4.79 Å². The van der Waals surface area contributed by atoms with E-state index in [2.05, 4.69) is 25.8 Å². The Morgan fingerprint density at radius 1 is 1.30 bits per heavy atom. The van der Waals surface area contributed by atoms with Gasteiger partial charge in [0, 0.05) is 29.3 Å². The Morgan fingerprint density at radius 3 is 2.77 bits per heavy atom. The van der Waals surface area contributed by atoms with Crippen LogP contribution in [0.3, 0.4) is 0 Å². The Morgan fingerprint density at radius 2 is 2.10 bits per heavy atom. The van der Waals surface area contributed by atoms with Crippen LogP contribution in [0.1, 0.15) is 42.7 Å². The van der Waals surface area contributed by atoms with Gasteiger partial charge in [0.15, 0.2) is 23.3 Å². The lowest BCUT2D eigenvalue weighted by Gasteiger charge is -2.37. The molecule has 0 saturated heterocycles. The van der Waals surface area contributed by atoms with E-state index in [1.54, 1.807) is 6.20 Å². The summed E-state index contributed by atoms with van der Waals surface area (Å²) in [5.41, 5.74) is 2.08. The average molecular weight is 404 g/mol. The van der Waals surface area contributed by atoms with Crippen LogP contribution in [0.5, 0.6) is 0 Å². The van der Waals surface area contributed by atoms with Gasteiger partial charge in [-0.15, -0.1) is 0 Å². The summed E-state index contributed by atoms with van der Waals surface area (Å²) in [6.45, 7) is 6.31. The molecule has 0 radical (unpaired) electrons. The fourth-order valence-electron chi connectivity index (χ4n) is 4.29. The van der Waals surface area contributed by atoms with Crippen LogP contribution in [0.2, 0.25) is 0 Å². The number of carboxylic acids is 1. The molecule has 4 heterocycles. The molecule has 0 amide bonds. The Hall–Kier alpha value is -3.61. The number of oxazole rings is 1. The molecule has 152 valence electrons. The summed E-state index contributed by atoms with van der Waals surface area (Å²) in [5.74, 6) is -0.0462. The number of hydrogen-bond donors (Lipinski definition) is 1. The van der Waals surface area contributed by atoms with Crippen molar-refractivity contribution in [3.63, 3.8) is 0 Å². The maximum Gasteiger partial charge on any atom is 0.341 e. The number of nitrogens with zero attached hydrogens (tertiary/aromatic N) is 2. The van der Waals surface area contributed by atoms with Crippen molar-refractivity contribution < 1.29 is 18.7 Å². The molecule has 5 rings (SSSR count). The summed E-state index contributed by atoms with van der Waals surface area (Å²) < 4.78 is 13.6. The van der Waals surface area contributed by atoms with Crippen molar-refractivity contribution >= 4 is 16.9 Å². The Labute approximate surface area is 171 Å². The molecule has 0 aliphatic carbocycles. The van der Waals surface area contributed by atoms with Gasteiger partial charge in [-0.25, -0.2) is 9.78 Å². The fourth-order valence-corrected chi connectivity index (χ4v) is 4.29. The van der Waals surface area contributed by atoms with Gasteiger partial charge in [0.2, 0.25) is 0 Å². The Balaban J connectivity index is 1.84. The predicted octanol–water partition coefficient (Wildman–Crippen LogP) is 4.76. The number of carboxylic acid groups (broad SMARTS) is 1. The lowest BCUT2D eigenvalue weighted by atomic mass is 9.79. The van der Waals surface area contributed by atoms with Crippen LogP contribution >= 0.6 is 0 Å². The Bertz CT molecular complexity index is 1350. The molecule has 1 aliphatic rings. The first-order valence-electron chi connectivity index (χ1n) is 9.69. The number of rotatable bonds is 2. The van der Waals surface area contributed by atoms with Crippen LogP contribution in [0.15, 0.2) is 56.7 Å². The molecule has 30 heavy (non-hydrogen) atoms. The topological polar surface area (TPSA) is 98.5 Å². The second-order valence-electron chi connectivity index (χ2n) is 8.69. The number of hydrogen-bond acceptors (Lipinski definition) is 5. The summed E-state index contributed by atoms with van der Waals surface area (Å²) in [6, 6.07) is 7.16. The van der Waals surface area contributed by atoms with Gasteiger partial charge < -0.3 is 18.5 Å². The number of aromatic nitrogens is 2. The van der Waals surface area contributed by atoms with Crippen molar-refractivity contribution in [2.45, 2.75) is 33.2 Å². The van der Waals surface area contributed by atoms with Gasteiger partial charge in [-0.05, 0) is 17.9 Å². The van der Waals surface area contributed by atoms with E-state index in [0.717, 1.165) is 16.5 Å². The summed E-state index contributed by atoms with van der Waals surface area (Å²) in [4.78, 5) is 28.1. The third-order valence-electron chi connectivity index (χ3n) is 5.79. The quantitative estimate of drug-likeness (QED) is 0.517. The van der Waals surface area contributed by atoms with Gasteiger partial charge in [0.05, 0.1) is 17.5 Å². The van der Waals surface area contributed by atoms with Crippen LogP contribution in [-0.4, -0.2) is 20.6 Å². The SMILES string of the molecule is CC(C)(C)[C@@H]1Cc2c(oc3c(-c4cnco4)cccc23)-c2cc(=O)c(C(=O)O)cn21. The highest BCUT2D eigenvalue weighted by molar-refractivity contribution is 5.97. The van der Waals surface area contributed by atoms with Crippen molar-refractivity contribution in [2.24, 2.45) is 5.41 Å². The van der Waals surface area contributed by atoms with Crippen LogP contribution in [0.4, 0.5) is 0 Å². The molecule has 1 aromatic carbocycles. The largest absolute Gasteiger partial charge is 0.477 e. The van der Waals surface area contributed by atoms with Crippen LogP contribution in [-0.2, 0) is 6.42 Å². The molecule has 1 N–H and O–H groups in total. The molecular formula is C23H20N2O5. The zero-order valence-corrected chi connectivity index (χ0v) is 16.8. The smallest absolute Gasteiger partial charge is 0.341 e. The lowest BCUT2D eigenvalue weighted by Crippen LogP contribution is -2.32. The lowest BCUT2D eigenvalue weighted by molar-refractivity contribution is 0.0693. The molecule has 0 unspecified atom stereocenters. The number of pyridine rings is 1. The van der Waals surface area contributed by atoms with E-state index in [1.807, 2.05) is 22.8 Å². The second kappa shape index (κ2) is 6.19. The molecule has 7 heteroatoms. The highest BCUT2D eigenvalue weighted by atomic mass is 16.4. The fraction of sp³-hybridized carbons (Fsp3) is 0.261. The summed E-state index contributed by atoms with van der Waals surface area (Å²) in [6.07, 6.45) is 5.10. The first-order chi connectivity index (χ1) is 14.3. The normalized spacial score (nSPS) is 15.8. The molecule has 0 bridgehead atoms. The van der Waals surface area contributed by atoms with Crippen molar-refractivity contribution in [3.05, 3.63) is 64.4 Å². The van der Waals surface area contributed by atoms with Gasteiger partial charge >= 0.3 is 5.97 Å². The van der Waals surface area contributed by atoms with E-state index in [-0.39, 0.29) is 17.0 Å². The zero-order chi connectivity index (χ0) is 21.2. The maximum absolute atomic E-state index is 12.5. The monoisotopic (exact) mass is 404 g/mol. The van der Waals surface area contributed by atoms with Gasteiger partial charge in [-0.2, -0.15) is 0 Å². The maximum atomic E-state index is 12.5. The molecular weight excluding hydrogens is 384 g/mol. The molecule has 4 aromatic rings. The molecule has 0 spiro atoms. The van der Waals surface area contributed by atoms with Crippen LogP contribution < -0.4 is 5.43 Å². The standard InChI is InChI=1S/C23H20N2O5/c1-23(2,3)19-7-14-12-5-4-6-13(18-9-24-11-29-18)20(12)30-21(14)16-8-17(26)15(22(27)28)10-25(16)19/h4-6,8-11,19H,7H2,1-3H3,(H,27,28)/t19-/m0/s1. The van der Waals surface area contributed by atoms with Crippen LogP contribution in [0.25, 0.3) is 33.7 Å². The minimum Gasteiger partial charge on any atom is -0.477 e. The summed E-state index contributed by atoms with van der Waals surface area (Å²) >= 11 is 0. The number of aromatic carboxylic acids is 1. The first kappa shape index (κ1) is 18.4. The van der Waals surface area contributed by atoms with Crippen molar-refractivity contribution in [1.29, 1.82) is 0 Å². The molecule has 1 aliphatic heterocycles. The third-order valence-corrected chi connectivity index (χ3v) is 5.79. The molecule has 7 nitrogen and oxygen atoms in total. The van der Waals surface area contributed by atoms with Gasteiger partial charge in [-0.1, -0.05) is 32.9 Å². The molecule has 0 fully saturated rings. The number of para-hydroxylation sites is 1. The summed E-state index contributed by atoms with van der Waals surface area (Å²) in [5, 5.41) is 10.4. The van der Waals surface area contributed by atoms with E-state index in [4.69, 9.17) is 8.83 Å². The van der Waals surface area contributed by atoms with E-state index in [0.29, 0.717) is 29.2 Å². The first-order valence-corrected chi connectivity index (χ1v) is 9.69. The highest BCUT2D eigenvalue weighted by Gasteiger charge is 2.36. The minimum atomic E-state index is -1.23. The zero-order valence-electron chi connectivity index (χ0n) is 16.8. The van der Waals surface area contributed by atoms with E-state index in [9.17, 15) is 14.7 Å². The molecule has 0 saturated carbocycles. The third kappa shape index (κ3) is 2.62. The number of furan rings is 1. The van der Waals surface area contributed by atoms with Crippen LogP contribution in [0, 0.1) is 5.41 Å². The molecule has 1 atom stereocenters. The number of carbonyl (C=O) groups is 1. The predicted molar refractivity (Wildman–Crippen MR) is 111 cm³/mol.